The maximum absolute atomic E-state index is 6.22. The highest BCUT2D eigenvalue weighted by atomic mass is 35.5. The molecule has 17 heavy (non-hydrogen) atoms. The van der Waals surface area contributed by atoms with Crippen LogP contribution in [0.1, 0.15) is 45.8 Å². The summed E-state index contributed by atoms with van der Waals surface area (Å²) in [5, 5.41) is 0. The molecule has 0 unspecified atom stereocenters. The van der Waals surface area contributed by atoms with Crippen molar-refractivity contribution in [2.24, 2.45) is 11.5 Å². The van der Waals surface area contributed by atoms with E-state index in [0.717, 1.165) is 6.42 Å². The Bertz CT molecular complexity index is 371. The van der Waals surface area contributed by atoms with Crippen molar-refractivity contribution in [2.75, 3.05) is 6.54 Å². The van der Waals surface area contributed by atoms with Crippen LogP contribution in [0.15, 0.2) is 0 Å². The molecule has 0 radical (unpaired) electrons. The lowest BCUT2D eigenvalue weighted by Crippen LogP contribution is -2.19. The normalized spacial score (nSPS) is 12.2. The van der Waals surface area contributed by atoms with Crippen molar-refractivity contribution in [1.82, 2.24) is 0 Å². The molecule has 0 saturated carbocycles. The van der Waals surface area contributed by atoms with E-state index in [0.29, 0.717) is 6.54 Å². The van der Waals surface area contributed by atoms with Crippen molar-refractivity contribution in [3.05, 3.63) is 33.4 Å². The lowest BCUT2D eigenvalue weighted by Gasteiger charge is -2.22. The molecule has 0 amide bonds. The van der Waals surface area contributed by atoms with Gasteiger partial charge in [-0.1, -0.05) is 0 Å². The molecule has 0 aliphatic rings. The lowest BCUT2D eigenvalue weighted by molar-refractivity contribution is 0.652. The minimum absolute atomic E-state index is 0. The molecule has 0 aromatic heterocycles. The van der Waals surface area contributed by atoms with Crippen LogP contribution in [0.25, 0.3) is 0 Å². The van der Waals surface area contributed by atoms with Crippen LogP contribution in [0.5, 0.6) is 0 Å². The topological polar surface area (TPSA) is 52.0 Å². The molecular formula is C14H25ClN2. The Morgan fingerprint density at radius 2 is 1.18 bits per heavy atom. The molecule has 3 heteroatoms. The monoisotopic (exact) mass is 256 g/mol. The van der Waals surface area contributed by atoms with Gasteiger partial charge in [0.15, 0.2) is 0 Å². The average molecular weight is 257 g/mol. The summed E-state index contributed by atoms with van der Waals surface area (Å²) in [5.41, 5.74) is 19.9. The quantitative estimate of drug-likeness (QED) is 0.874. The van der Waals surface area contributed by atoms with Crippen LogP contribution < -0.4 is 11.5 Å². The Hall–Kier alpha value is -0.570. The van der Waals surface area contributed by atoms with Crippen LogP contribution in [0.3, 0.4) is 0 Å². The second kappa shape index (κ2) is 6.39. The van der Waals surface area contributed by atoms with E-state index in [1.807, 2.05) is 0 Å². The standard InChI is InChI=1S/C14H24N2.ClH/c1-8-9(2)11(4)14(12(5)10(8)3)13(16)6-7-15;/h13H,6-7,15-16H2,1-5H3;1H/t13-;/m0./s1. The van der Waals surface area contributed by atoms with Crippen molar-refractivity contribution in [2.45, 2.75) is 47.1 Å². The fourth-order valence-corrected chi connectivity index (χ4v) is 2.41. The van der Waals surface area contributed by atoms with Gasteiger partial charge in [-0.05, 0) is 81.0 Å². The van der Waals surface area contributed by atoms with Crippen LogP contribution in [0.2, 0.25) is 0 Å². The molecule has 0 heterocycles. The largest absolute Gasteiger partial charge is 0.330 e. The van der Waals surface area contributed by atoms with Gasteiger partial charge in [-0.2, -0.15) is 0 Å². The number of rotatable bonds is 3. The molecule has 0 aliphatic carbocycles. The zero-order chi connectivity index (χ0) is 12.5. The molecule has 1 aromatic rings. The van der Waals surface area contributed by atoms with Gasteiger partial charge in [-0.25, -0.2) is 0 Å². The number of halogens is 1. The number of hydrogen-bond donors (Lipinski definition) is 2. The van der Waals surface area contributed by atoms with Gasteiger partial charge < -0.3 is 11.5 Å². The van der Waals surface area contributed by atoms with Gasteiger partial charge in [0.25, 0.3) is 0 Å². The Kier molecular flexibility index (Phi) is 6.17. The van der Waals surface area contributed by atoms with Gasteiger partial charge in [0.1, 0.15) is 0 Å². The summed E-state index contributed by atoms with van der Waals surface area (Å²) in [6.45, 7) is 11.5. The SMILES string of the molecule is Cc1c(C)c(C)c([C@@H](N)CCN)c(C)c1C.Cl. The van der Waals surface area contributed by atoms with Crippen molar-refractivity contribution < 1.29 is 0 Å². The van der Waals surface area contributed by atoms with E-state index in [1.165, 1.54) is 33.4 Å². The summed E-state index contributed by atoms with van der Waals surface area (Å²) in [6, 6.07) is 0.0722. The summed E-state index contributed by atoms with van der Waals surface area (Å²) < 4.78 is 0. The van der Waals surface area contributed by atoms with Gasteiger partial charge in [-0.3, -0.25) is 0 Å². The molecule has 0 saturated heterocycles. The van der Waals surface area contributed by atoms with Crippen LogP contribution in [0, 0.1) is 34.6 Å². The van der Waals surface area contributed by atoms with Crippen molar-refractivity contribution in [3.63, 3.8) is 0 Å². The molecule has 2 nitrogen and oxygen atoms in total. The van der Waals surface area contributed by atoms with Gasteiger partial charge in [0.05, 0.1) is 0 Å². The summed E-state index contributed by atoms with van der Waals surface area (Å²) in [7, 11) is 0. The Labute approximate surface area is 111 Å². The van der Waals surface area contributed by atoms with E-state index >= 15 is 0 Å². The van der Waals surface area contributed by atoms with Gasteiger partial charge in [-0.15, -0.1) is 12.4 Å². The Morgan fingerprint density at radius 1 is 0.824 bits per heavy atom. The van der Waals surface area contributed by atoms with Crippen LogP contribution >= 0.6 is 12.4 Å². The third kappa shape index (κ3) is 3.01. The first-order chi connectivity index (χ1) is 7.41. The smallest absolute Gasteiger partial charge is 0.0312 e. The minimum Gasteiger partial charge on any atom is -0.330 e. The van der Waals surface area contributed by atoms with Crippen molar-refractivity contribution in [3.8, 4) is 0 Å². The summed E-state index contributed by atoms with van der Waals surface area (Å²) in [6.07, 6.45) is 0.851. The number of hydrogen-bond acceptors (Lipinski definition) is 2. The molecule has 98 valence electrons. The summed E-state index contributed by atoms with van der Waals surface area (Å²) in [4.78, 5) is 0. The van der Waals surface area contributed by atoms with Gasteiger partial charge >= 0.3 is 0 Å². The first kappa shape index (κ1) is 16.4. The molecule has 0 fully saturated rings. The van der Waals surface area contributed by atoms with Crippen LogP contribution in [-0.4, -0.2) is 6.54 Å². The first-order valence-electron chi connectivity index (χ1n) is 5.94. The maximum Gasteiger partial charge on any atom is 0.0312 e. The molecule has 1 rings (SSSR count). The fourth-order valence-electron chi connectivity index (χ4n) is 2.41. The summed E-state index contributed by atoms with van der Waals surface area (Å²) in [5.74, 6) is 0. The van der Waals surface area contributed by atoms with E-state index < -0.39 is 0 Å². The maximum atomic E-state index is 6.22. The Balaban J connectivity index is 0.00000256. The zero-order valence-electron chi connectivity index (χ0n) is 11.6. The van der Waals surface area contributed by atoms with Crippen LogP contribution in [-0.2, 0) is 0 Å². The van der Waals surface area contributed by atoms with E-state index in [1.54, 1.807) is 0 Å². The molecule has 0 spiro atoms. The van der Waals surface area contributed by atoms with E-state index in [2.05, 4.69) is 34.6 Å². The zero-order valence-corrected chi connectivity index (χ0v) is 12.4. The fraction of sp³-hybridized carbons (Fsp3) is 0.571. The van der Waals surface area contributed by atoms with Gasteiger partial charge in [0, 0.05) is 6.04 Å². The van der Waals surface area contributed by atoms with Crippen molar-refractivity contribution in [1.29, 1.82) is 0 Å². The van der Waals surface area contributed by atoms with Gasteiger partial charge in [0.2, 0.25) is 0 Å². The Morgan fingerprint density at radius 3 is 1.53 bits per heavy atom. The minimum atomic E-state index is 0. The second-order valence-electron chi connectivity index (χ2n) is 4.72. The second-order valence-corrected chi connectivity index (χ2v) is 4.72. The predicted molar refractivity (Wildman–Crippen MR) is 78.0 cm³/mol. The highest BCUT2D eigenvalue weighted by Gasteiger charge is 2.16. The highest BCUT2D eigenvalue weighted by molar-refractivity contribution is 5.85. The molecule has 4 N–H and O–H groups in total. The third-order valence-electron chi connectivity index (χ3n) is 3.91. The molecular weight excluding hydrogens is 232 g/mol. The lowest BCUT2D eigenvalue weighted by atomic mass is 9.86. The number of nitrogens with two attached hydrogens (primary N) is 2. The molecule has 0 aliphatic heterocycles. The summed E-state index contributed by atoms with van der Waals surface area (Å²) >= 11 is 0. The van der Waals surface area contributed by atoms with E-state index in [9.17, 15) is 0 Å². The average Bonchev–Trinajstić information content (AvgIpc) is 2.24. The predicted octanol–water partition coefficient (Wildman–Crippen LogP) is 3.00. The molecule has 1 atom stereocenters. The highest BCUT2D eigenvalue weighted by Crippen LogP contribution is 2.30. The van der Waals surface area contributed by atoms with E-state index in [4.69, 9.17) is 11.5 Å². The van der Waals surface area contributed by atoms with Crippen LogP contribution in [0.4, 0.5) is 0 Å². The van der Waals surface area contributed by atoms with E-state index in [-0.39, 0.29) is 18.4 Å². The molecule has 1 aromatic carbocycles. The third-order valence-corrected chi connectivity index (χ3v) is 3.91. The van der Waals surface area contributed by atoms with Crippen molar-refractivity contribution >= 4 is 12.4 Å². The first-order valence-corrected chi connectivity index (χ1v) is 5.94. The molecule has 0 bridgehead atoms. The number of benzene rings is 1.